The minimum atomic E-state index is -1.01. The smallest absolute Gasteiger partial charge is 0.317 e. The molecule has 1 aromatic heterocycles. The van der Waals surface area contributed by atoms with Crippen molar-refractivity contribution in [2.75, 3.05) is 0 Å². The molecule has 1 aromatic rings. The molecule has 6 heteroatoms. The van der Waals surface area contributed by atoms with Gasteiger partial charge in [-0.15, -0.1) is 5.10 Å². The molecule has 12 heavy (non-hydrogen) atoms. The lowest BCUT2D eigenvalue weighted by Crippen LogP contribution is -2.32. The Morgan fingerprint density at radius 1 is 1.75 bits per heavy atom. The summed E-state index contributed by atoms with van der Waals surface area (Å²) >= 11 is 0. The molecule has 0 aliphatic carbocycles. The maximum atomic E-state index is 10.8. The molecular formula is C6H10N4O2. The van der Waals surface area contributed by atoms with Crippen molar-refractivity contribution in [3.63, 3.8) is 0 Å². The van der Waals surface area contributed by atoms with Gasteiger partial charge in [-0.2, -0.15) is 0 Å². The Hall–Kier alpha value is -1.46. The van der Waals surface area contributed by atoms with Gasteiger partial charge in [-0.1, -0.05) is 6.92 Å². The summed E-state index contributed by atoms with van der Waals surface area (Å²) in [5.41, 5.74) is -1.01. The van der Waals surface area contributed by atoms with E-state index in [1.54, 1.807) is 13.8 Å². The van der Waals surface area contributed by atoms with Gasteiger partial charge in [-0.25, -0.2) is 5.10 Å². The highest BCUT2D eigenvalue weighted by Crippen LogP contribution is 2.23. The van der Waals surface area contributed by atoms with Gasteiger partial charge < -0.3 is 5.11 Å². The molecule has 1 atom stereocenters. The number of carbonyl (C=O) groups is 1. The van der Waals surface area contributed by atoms with Crippen LogP contribution in [0.5, 0.6) is 0 Å². The Labute approximate surface area is 69.0 Å². The van der Waals surface area contributed by atoms with Gasteiger partial charge in [0, 0.05) is 0 Å². The first kappa shape index (κ1) is 8.63. The fraction of sp³-hybridized carbons (Fsp3) is 0.667. The lowest BCUT2D eigenvalue weighted by atomic mass is 9.87. The normalized spacial score (nSPS) is 15.5. The van der Waals surface area contributed by atoms with Crippen LogP contribution in [0, 0.1) is 0 Å². The van der Waals surface area contributed by atoms with Crippen molar-refractivity contribution in [3.05, 3.63) is 5.82 Å². The Balaban J connectivity index is 3.04. The maximum absolute atomic E-state index is 10.8. The van der Waals surface area contributed by atoms with Crippen molar-refractivity contribution in [1.82, 2.24) is 20.6 Å². The monoisotopic (exact) mass is 170 g/mol. The number of H-pyrrole nitrogens is 1. The number of aliphatic carboxylic acids is 1. The lowest BCUT2D eigenvalue weighted by molar-refractivity contribution is -0.143. The number of aromatic nitrogens is 4. The zero-order valence-electron chi connectivity index (χ0n) is 6.90. The van der Waals surface area contributed by atoms with Crippen LogP contribution >= 0.6 is 0 Å². The average molecular weight is 170 g/mol. The summed E-state index contributed by atoms with van der Waals surface area (Å²) in [6.45, 7) is 3.36. The first-order valence-corrected chi connectivity index (χ1v) is 3.59. The molecule has 0 saturated heterocycles. The Morgan fingerprint density at radius 3 is 2.75 bits per heavy atom. The lowest BCUT2D eigenvalue weighted by Gasteiger charge is -2.18. The summed E-state index contributed by atoms with van der Waals surface area (Å²) in [6, 6.07) is 0. The van der Waals surface area contributed by atoms with E-state index in [1.165, 1.54) is 0 Å². The summed E-state index contributed by atoms with van der Waals surface area (Å²) in [4.78, 5) is 10.8. The third kappa shape index (κ3) is 1.15. The van der Waals surface area contributed by atoms with Crippen LogP contribution in [0.4, 0.5) is 0 Å². The van der Waals surface area contributed by atoms with Gasteiger partial charge in [0.1, 0.15) is 5.41 Å². The molecule has 0 spiro atoms. The number of nitrogens with zero attached hydrogens (tertiary/aromatic N) is 3. The van der Waals surface area contributed by atoms with Gasteiger partial charge in [-0.05, 0) is 23.8 Å². The van der Waals surface area contributed by atoms with Crippen LogP contribution < -0.4 is 0 Å². The molecule has 0 radical (unpaired) electrons. The SMILES string of the molecule is CCC(C)(C(=O)O)c1nnn[nH]1. The van der Waals surface area contributed by atoms with E-state index in [0.29, 0.717) is 6.42 Å². The molecule has 66 valence electrons. The summed E-state index contributed by atoms with van der Waals surface area (Å²) in [7, 11) is 0. The Morgan fingerprint density at radius 2 is 2.42 bits per heavy atom. The predicted molar refractivity (Wildman–Crippen MR) is 39.5 cm³/mol. The van der Waals surface area contributed by atoms with E-state index in [2.05, 4.69) is 20.6 Å². The van der Waals surface area contributed by atoms with Gasteiger partial charge in [0.05, 0.1) is 0 Å². The topological polar surface area (TPSA) is 91.8 Å². The second-order valence-electron chi connectivity index (χ2n) is 2.74. The van der Waals surface area contributed by atoms with Crippen molar-refractivity contribution < 1.29 is 9.90 Å². The minimum absolute atomic E-state index is 0.289. The van der Waals surface area contributed by atoms with Crippen LogP contribution in [0.2, 0.25) is 0 Å². The average Bonchev–Trinajstić information content (AvgIpc) is 2.54. The minimum Gasteiger partial charge on any atom is -0.480 e. The molecule has 0 aliphatic rings. The predicted octanol–water partition coefficient (Wildman–Crippen LogP) is -0.0480. The molecule has 0 amide bonds. The van der Waals surface area contributed by atoms with Crippen LogP contribution in [0.15, 0.2) is 0 Å². The largest absolute Gasteiger partial charge is 0.480 e. The van der Waals surface area contributed by atoms with Crippen molar-refractivity contribution in [1.29, 1.82) is 0 Å². The summed E-state index contributed by atoms with van der Waals surface area (Å²) in [6.07, 6.45) is 0.444. The molecule has 0 bridgehead atoms. The van der Waals surface area contributed by atoms with Crippen molar-refractivity contribution >= 4 is 5.97 Å². The van der Waals surface area contributed by atoms with Gasteiger partial charge >= 0.3 is 5.97 Å². The van der Waals surface area contributed by atoms with E-state index in [-0.39, 0.29) is 5.82 Å². The fourth-order valence-electron chi connectivity index (χ4n) is 0.813. The Kier molecular flexibility index (Phi) is 2.07. The van der Waals surface area contributed by atoms with Gasteiger partial charge in [-0.3, -0.25) is 4.79 Å². The molecular weight excluding hydrogens is 160 g/mol. The number of hydrogen-bond donors (Lipinski definition) is 2. The third-order valence-electron chi connectivity index (χ3n) is 2.05. The number of hydrogen-bond acceptors (Lipinski definition) is 4. The highest BCUT2D eigenvalue weighted by molar-refractivity contribution is 5.79. The van der Waals surface area contributed by atoms with Crippen molar-refractivity contribution in [2.24, 2.45) is 0 Å². The quantitative estimate of drug-likeness (QED) is 0.663. The molecule has 0 aliphatic heterocycles. The van der Waals surface area contributed by atoms with E-state index in [1.807, 2.05) is 0 Å². The standard InChI is InChI=1S/C6H10N4O2/c1-3-6(2,5(11)12)4-7-9-10-8-4/h3H2,1-2H3,(H,11,12)(H,7,8,9,10). The molecule has 0 aromatic carbocycles. The van der Waals surface area contributed by atoms with Gasteiger partial charge in [0.2, 0.25) is 0 Å². The van der Waals surface area contributed by atoms with Crippen LogP contribution in [0.25, 0.3) is 0 Å². The van der Waals surface area contributed by atoms with Crippen LogP contribution in [-0.4, -0.2) is 31.7 Å². The second-order valence-corrected chi connectivity index (χ2v) is 2.74. The molecule has 0 saturated carbocycles. The summed E-state index contributed by atoms with van der Waals surface area (Å²) < 4.78 is 0. The molecule has 2 N–H and O–H groups in total. The second kappa shape index (κ2) is 2.88. The van der Waals surface area contributed by atoms with E-state index in [9.17, 15) is 4.79 Å². The molecule has 0 fully saturated rings. The highest BCUT2D eigenvalue weighted by atomic mass is 16.4. The van der Waals surface area contributed by atoms with Crippen LogP contribution in [0.3, 0.4) is 0 Å². The number of carboxylic acid groups (broad SMARTS) is 1. The zero-order valence-corrected chi connectivity index (χ0v) is 6.90. The highest BCUT2D eigenvalue weighted by Gasteiger charge is 2.36. The molecule has 6 nitrogen and oxygen atoms in total. The van der Waals surface area contributed by atoms with Crippen LogP contribution in [0.1, 0.15) is 26.1 Å². The van der Waals surface area contributed by atoms with E-state index in [0.717, 1.165) is 0 Å². The van der Waals surface area contributed by atoms with E-state index >= 15 is 0 Å². The van der Waals surface area contributed by atoms with Crippen LogP contribution in [-0.2, 0) is 10.2 Å². The van der Waals surface area contributed by atoms with Gasteiger partial charge in [0.25, 0.3) is 0 Å². The summed E-state index contributed by atoms with van der Waals surface area (Å²) in [5, 5.41) is 21.6. The fourth-order valence-corrected chi connectivity index (χ4v) is 0.813. The maximum Gasteiger partial charge on any atom is 0.317 e. The van der Waals surface area contributed by atoms with Crippen molar-refractivity contribution in [3.8, 4) is 0 Å². The Bertz CT molecular complexity index is 271. The summed E-state index contributed by atoms with van der Waals surface area (Å²) in [5.74, 6) is -0.638. The number of aromatic amines is 1. The zero-order chi connectivity index (χ0) is 9.19. The van der Waals surface area contributed by atoms with E-state index < -0.39 is 11.4 Å². The first-order chi connectivity index (χ1) is 5.61. The number of rotatable bonds is 3. The number of nitrogens with one attached hydrogen (secondary N) is 1. The van der Waals surface area contributed by atoms with Gasteiger partial charge in [0.15, 0.2) is 5.82 Å². The first-order valence-electron chi connectivity index (χ1n) is 3.59. The molecule has 1 heterocycles. The van der Waals surface area contributed by atoms with Crippen molar-refractivity contribution in [2.45, 2.75) is 25.7 Å². The third-order valence-corrected chi connectivity index (χ3v) is 2.05. The number of tetrazole rings is 1. The van der Waals surface area contributed by atoms with E-state index in [4.69, 9.17) is 5.11 Å². The number of carboxylic acids is 1. The molecule has 1 rings (SSSR count). The molecule has 1 unspecified atom stereocenters.